The molecule has 5 heteroatoms. The molecule has 158 valence electrons. The van der Waals surface area contributed by atoms with E-state index in [-0.39, 0.29) is 13.3 Å². The van der Waals surface area contributed by atoms with Crippen molar-refractivity contribution in [1.82, 2.24) is 10.6 Å². The zero-order valence-corrected chi connectivity index (χ0v) is 18.1. The Balaban J connectivity index is 0.00000205. The molecule has 5 rings (SSSR count). The lowest BCUT2D eigenvalue weighted by molar-refractivity contribution is 0.0682. The number of fused-ring (bicyclic) bond motifs is 3. The zero-order chi connectivity index (χ0) is 19.1. The average Bonchev–Trinajstić information content (AvgIpc) is 3.29. The van der Waals surface area contributed by atoms with Crippen LogP contribution in [0.3, 0.4) is 0 Å². The predicted octanol–water partition coefficient (Wildman–Crippen LogP) is 4.41. The van der Waals surface area contributed by atoms with E-state index in [1.54, 1.807) is 0 Å². The second-order valence-electron chi connectivity index (χ2n) is 9.78. The number of carbonyl (C=O) groups excluding carboxylic acids is 1. The highest BCUT2D eigenvalue weighted by Crippen LogP contribution is 2.48. The van der Waals surface area contributed by atoms with Crippen LogP contribution in [0.1, 0.15) is 55.3 Å². The fraction of sp³-hybridized carbons (Fsp3) is 0.667. The minimum atomic E-state index is -0.00465. The highest BCUT2D eigenvalue weighted by atomic mass is 35.5. The van der Waals surface area contributed by atoms with E-state index < -0.39 is 0 Å². The smallest absolute Gasteiger partial charge is 0.252 e. The van der Waals surface area contributed by atoms with Gasteiger partial charge in [-0.3, -0.25) is 4.79 Å². The number of hydrogen-bond acceptors (Lipinski definition) is 3. The first-order chi connectivity index (χ1) is 13.6. The third-order valence-corrected chi connectivity index (χ3v) is 8.26. The molecule has 2 radical (unpaired) electrons. The van der Waals surface area contributed by atoms with Gasteiger partial charge in [0.15, 0.2) is 0 Å². The first-order valence-electron chi connectivity index (χ1n) is 11.2. The number of amides is 1. The highest BCUT2D eigenvalue weighted by Gasteiger charge is 2.39. The molecule has 1 aromatic rings. The normalized spacial score (nSPS) is 33.1. The molecule has 1 aromatic carbocycles. The maximum absolute atomic E-state index is 13.0. The van der Waals surface area contributed by atoms with Crippen molar-refractivity contribution < 1.29 is 4.79 Å². The zero-order valence-electron chi connectivity index (χ0n) is 17.4. The summed E-state index contributed by atoms with van der Waals surface area (Å²) in [7, 11) is 0. The molecule has 0 aromatic heterocycles. The Morgan fingerprint density at radius 2 is 1.86 bits per heavy atom. The maximum Gasteiger partial charge on any atom is 0.252 e. The molecule has 2 bridgehead atoms. The van der Waals surface area contributed by atoms with Crippen LogP contribution in [0, 0.1) is 30.6 Å². The van der Waals surface area contributed by atoms with Gasteiger partial charge in [-0.15, -0.1) is 0 Å². The molecular weight excluding hydrogens is 382 g/mol. The summed E-state index contributed by atoms with van der Waals surface area (Å²) in [4.78, 5) is 15.4. The van der Waals surface area contributed by atoms with Crippen LogP contribution < -0.4 is 15.5 Å². The van der Waals surface area contributed by atoms with Gasteiger partial charge in [0.2, 0.25) is 0 Å². The molecule has 2 aliphatic heterocycles. The van der Waals surface area contributed by atoms with Crippen LogP contribution in [-0.2, 0) is 0 Å². The van der Waals surface area contributed by atoms with Crippen molar-refractivity contribution in [3.8, 4) is 0 Å². The van der Waals surface area contributed by atoms with Gasteiger partial charge in [-0.2, -0.15) is 0 Å². The quantitative estimate of drug-likeness (QED) is 0.765. The first-order valence-corrected chi connectivity index (χ1v) is 11.5. The third kappa shape index (κ3) is 4.16. The Morgan fingerprint density at radius 3 is 2.55 bits per heavy atom. The molecule has 2 saturated heterocycles. The van der Waals surface area contributed by atoms with Crippen LogP contribution >= 0.6 is 11.6 Å². The standard InChI is InChI=1S/C23H32ClN3O.CH2/c24-21-6-5-19(27-13-17-11-25-12-18(17)14-27)9-20(21)22(28)26-15-23-7-1-3-16(10-23)4-2-8-23;/h5-6,9,16-18,25H,1-4,7-8,10-15H2,(H,26,28);1H2. The fourth-order valence-corrected chi connectivity index (χ4v) is 6.59. The Morgan fingerprint density at radius 1 is 1.17 bits per heavy atom. The van der Waals surface area contributed by atoms with E-state index >= 15 is 0 Å². The molecule has 0 spiro atoms. The molecule has 2 atom stereocenters. The average molecular weight is 416 g/mol. The van der Waals surface area contributed by atoms with Crippen LogP contribution in [-0.4, -0.2) is 38.6 Å². The van der Waals surface area contributed by atoms with Crippen LogP contribution in [0.25, 0.3) is 0 Å². The number of carbonyl (C=O) groups is 1. The van der Waals surface area contributed by atoms with Gasteiger partial charge in [-0.05, 0) is 60.6 Å². The SMILES string of the molecule is O=C(NCC12CCCC(CCC1)C2)c1cc(N2CC3CNCC3C2)ccc1Cl.[CH2]. The summed E-state index contributed by atoms with van der Waals surface area (Å²) in [6.07, 6.45) is 9.25. The van der Waals surface area contributed by atoms with E-state index in [1.807, 2.05) is 12.1 Å². The summed E-state index contributed by atoms with van der Waals surface area (Å²) in [6.45, 7) is 5.19. The minimum absolute atomic E-state index is 0. The van der Waals surface area contributed by atoms with E-state index in [0.717, 1.165) is 56.2 Å². The van der Waals surface area contributed by atoms with Crippen LogP contribution in [0.15, 0.2) is 18.2 Å². The van der Waals surface area contributed by atoms with Gasteiger partial charge in [0.1, 0.15) is 0 Å². The van der Waals surface area contributed by atoms with Gasteiger partial charge in [-0.1, -0.05) is 44.7 Å². The Labute approximate surface area is 180 Å². The van der Waals surface area contributed by atoms with Gasteiger partial charge in [-0.25, -0.2) is 0 Å². The first kappa shape index (κ1) is 21.0. The second kappa shape index (κ2) is 8.47. The fourth-order valence-electron chi connectivity index (χ4n) is 6.38. The number of anilines is 1. The summed E-state index contributed by atoms with van der Waals surface area (Å²) >= 11 is 6.43. The molecule has 4 aliphatic rings. The van der Waals surface area contributed by atoms with Crippen molar-refractivity contribution in [3.63, 3.8) is 0 Å². The Bertz CT molecular complexity index is 730. The van der Waals surface area contributed by atoms with E-state index in [4.69, 9.17) is 11.6 Å². The van der Waals surface area contributed by atoms with Gasteiger partial charge in [0.25, 0.3) is 5.91 Å². The Kier molecular flexibility index (Phi) is 6.13. The van der Waals surface area contributed by atoms with Crippen LogP contribution in [0.4, 0.5) is 5.69 Å². The van der Waals surface area contributed by atoms with E-state index in [0.29, 0.717) is 16.0 Å². The summed E-state index contributed by atoms with van der Waals surface area (Å²) < 4.78 is 0. The van der Waals surface area contributed by atoms with Gasteiger partial charge in [0.05, 0.1) is 10.6 Å². The summed E-state index contributed by atoms with van der Waals surface area (Å²) in [5.74, 6) is 2.35. The van der Waals surface area contributed by atoms with Gasteiger partial charge in [0, 0.05) is 38.4 Å². The summed E-state index contributed by atoms with van der Waals surface area (Å²) in [5.41, 5.74) is 2.10. The largest absolute Gasteiger partial charge is 0.371 e. The molecule has 2 N–H and O–H groups in total. The second-order valence-corrected chi connectivity index (χ2v) is 10.2. The van der Waals surface area contributed by atoms with Crippen LogP contribution in [0.5, 0.6) is 0 Å². The lowest BCUT2D eigenvalue weighted by Crippen LogP contribution is -2.43. The van der Waals surface area contributed by atoms with Crippen molar-refractivity contribution in [3.05, 3.63) is 36.2 Å². The number of halogens is 1. The molecule has 29 heavy (non-hydrogen) atoms. The van der Waals surface area contributed by atoms with Gasteiger partial charge >= 0.3 is 0 Å². The molecular formula is C24H34ClN3O. The van der Waals surface area contributed by atoms with Crippen molar-refractivity contribution in [1.29, 1.82) is 0 Å². The maximum atomic E-state index is 13.0. The summed E-state index contributed by atoms with van der Waals surface area (Å²) in [5, 5.41) is 7.31. The molecule has 2 heterocycles. The lowest BCUT2D eigenvalue weighted by Gasteiger charge is -2.45. The molecule has 4 fully saturated rings. The number of nitrogens with one attached hydrogen (secondary N) is 2. The highest BCUT2D eigenvalue weighted by molar-refractivity contribution is 6.34. The molecule has 2 aliphatic carbocycles. The van der Waals surface area contributed by atoms with Crippen LogP contribution in [0.2, 0.25) is 5.02 Å². The number of nitrogens with zero attached hydrogens (tertiary/aromatic N) is 1. The van der Waals surface area contributed by atoms with E-state index in [2.05, 4.69) is 21.6 Å². The molecule has 1 amide bonds. The topological polar surface area (TPSA) is 44.4 Å². The monoisotopic (exact) mass is 415 g/mol. The molecule has 2 unspecified atom stereocenters. The number of benzene rings is 1. The lowest BCUT2D eigenvalue weighted by atomic mass is 9.62. The van der Waals surface area contributed by atoms with Crippen molar-refractivity contribution in [2.45, 2.75) is 44.9 Å². The Hall–Kier alpha value is -1.26. The number of hydrogen-bond donors (Lipinski definition) is 2. The van der Waals surface area contributed by atoms with Gasteiger partial charge < -0.3 is 15.5 Å². The number of rotatable bonds is 4. The van der Waals surface area contributed by atoms with E-state index in [9.17, 15) is 4.79 Å². The molecule has 2 saturated carbocycles. The van der Waals surface area contributed by atoms with E-state index in [1.165, 1.54) is 44.9 Å². The minimum Gasteiger partial charge on any atom is -0.371 e. The molecule has 4 nitrogen and oxygen atoms in total. The van der Waals surface area contributed by atoms with Crippen molar-refractivity contribution in [2.24, 2.45) is 23.2 Å². The van der Waals surface area contributed by atoms with Crippen molar-refractivity contribution in [2.75, 3.05) is 37.6 Å². The van der Waals surface area contributed by atoms with Crippen molar-refractivity contribution >= 4 is 23.2 Å². The summed E-state index contributed by atoms with van der Waals surface area (Å²) in [6, 6.07) is 5.97. The predicted molar refractivity (Wildman–Crippen MR) is 119 cm³/mol. The third-order valence-electron chi connectivity index (χ3n) is 7.93.